The number of carbonyl (C=O) groups is 1. The lowest BCUT2D eigenvalue weighted by Crippen LogP contribution is -2.32. The van der Waals surface area contributed by atoms with Crippen LogP contribution in [-0.2, 0) is 11.2 Å². The Balaban J connectivity index is 1.65. The number of ketones is 1. The Kier molecular flexibility index (Phi) is 3.89. The number of rotatable bonds is 3. The molecule has 5 heteroatoms. The van der Waals surface area contributed by atoms with Crippen LogP contribution in [0.1, 0.15) is 5.56 Å². The maximum atomic E-state index is 13.0. The number of nitrogens with zero attached hydrogens (tertiary/aromatic N) is 4. The zero-order valence-corrected chi connectivity index (χ0v) is 14.9. The molecule has 0 unspecified atom stereocenters. The summed E-state index contributed by atoms with van der Waals surface area (Å²) in [6.45, 7) is 1.03. The van der Waals surface area contributed by atoms with Crippen LogP contribution < -0.4 is 14.7 Å². The first-order valence-electron chi connectivity index (χ1n) is 8.68. The van der Waals surface area contributed by atoms with Gasteiger partial charge in [-0.3, -0.25) is 4.79 Å². The number of anilines is 3. The predicted octanol–water partition coefficient (Wildman–Crippen LogP) is 2.94. The van der Waals surface area contributed by atoms with Gasteiger partial charge in [-0.1, -0.05) is 30.3 Å². The normalized spacial score (nSPS) is 15.0. The maximum Gasteiger partial charge on any atom is 0.196 e. The van der Waals surface area contributed by atoms with Crippen molar-refractivity contribution in [2.45, 2.75) is 6.42 Å². The molecule has 130 valence electrons. The monoisotopic (exact) mass is 344 g/mol. The van der Waals surface area contributed by atoms with E-state index in [4.69, 9.17) is 0 Å². The topological polar surface area (TPSA) is 50.6 Å². The van der Waals surface area contributed by atoms with Crippen LogP contribution in [-0.4, -0.2) is 33.0 Å². The lowest BCUT2D eigenvalue weighted by atomic mass is 10.1. The fourth-order valence-corrected chi connectivity index (χ4v) is 3.88. The van der Waals surface area contributed by atoms with Crippen molar-refractivity contribution in [1.82, 2.24) is 0 Å². The van der Waals surface area contributed by atoms with Gasteiger partial charge in [-0.15, -0.1) is 0 Å². The zero-order chi connectivity index (χ0) is 18.3. The molecule has 0 aliphatic carbocycles. The van der Waals surface area contributed by atoms with Gasteiger partial charge >= 0.3 is 0 Å². The minimum Gasteiger partial charge on any atom is -0.363 e. The second kappa shape index (κ2) is 6.23. The van der Waals surface area contributed by atoms with Gasteiger partial charge in [0.05, 0.1) is 17.9 Å². The van der Waals surface area contributed by atoms with Gasteiger partial charge in [0.15, 0.2) is 5.78 Å². The molecule has 0 saturated carbocycles. The molecule has 0 spiro atoms. The Labute approximate surface area is 153 Å². The number of fused-ring (bicyclic) bond motifs is 2. The fraction of sp³-hybridized carbons (Fsp3) is 0.238. The largest absolute Gasteiger partial charge is 0.363 e. The first-order chi connectivity index (χ1) is 12.6. The summed E-state index contributed by atoms with van der Waals surface area (Å²) in [6, 6.07) is 18.2. The van der Waals surface area contributed by atoms with E-state index >= 15 is 0 Å². The van der Waals surface area contributed by atoms with Crippen molar-refractivity contribution in [2.75, 3.05) is 41.9 Å². The molecule has 2 aromatic rings. The molecule has 0 N–H and O–H groups in total. The molecule has 2 aliphatic rings. The van der Waals surface area contributed by atoms with Crippen LogP contribution in [0.15, 0.2) is 59.9 Å². The molecule has 0 bridgehead atoms. The third-order valence-electron chi connectivity index (χ3n) is 5.17. The quantitative estimate of drug-likeness (QED) is 0.633. The Morgan fingerprint density at radius 3 is 2.19 bits per heavy atom. The SMILES string of the molecule is CN1C(=C(C#N)C(=O)CN2CCc3ccccc32)N(C)c2ccccc21. The highest BCUT2D eigenvalue weighted by molar-refractivity contribution is 6.05. The summed E-state index contributed by atoms with van der Waals surface area (Å²) in [5, 5.41) is 9.74. The van der Waals surface area contributed by atoms with Crippen molar-refractivity contribution in [1.29, 1.82) is 5.26 Å². The van der Waals surface area contributed by atoms with E-state index in [1.54, 1.807) is 0 Å². The number of Topliss-reactive ketones (excluding diaryl/α,β-unsaturated/α-hetero) is 1. The molecule has 0 aromatic heterocycles. The average Bonchev–Trinajstić information content (AvgIpc) is 3.18. The van der Waals surface area contributed by atoms with E-state index in [0.29, 0.717) is 5.82 Å². The molecule has 0 amide bonds. The van der Waals surface area contributed by atoms with Crippen molar-refractivity contribution < 1.29 is 4.79 Å². The van der Waals surface area contributed by atoms with Gasteiger partial charge in [0, 0.05) is 26.3 Å². The van der Waals surface area contributed by atoms with Gasteiger partial charge in [0.2, 0.25) is 0 Å². The van der Waals surface area contributed by atoms with E-state index in [-0.39, 0.29) is 17.9 Å². The van der Waals surface area contributed by atoms with Crippen LogP contribution in [0.5, 0.6) is 0 Å². The number of para-hydroxylation sites is 3. The number of carbonyl (C=O) groups excluding carboxylic acids is 1. The number of benzene rings is 2. The maximum absolute atomic E-state index is 13.0. The van der Waals surface area contributed by atoms with Crippen LogP contribution in [0.4, 0.5) is 17.1 Å². The van der Waals surface area contributed by atoms with Gasteiger partial charge < -0.3 is 14.7 Å². The van der Waals surface area contributed by atoms with Crippen molar-refractivity contribution >= 4 is 22.8 Å². The molecular formula is C21H20N4O. The van der Waals surface area contributed by atoms with E-state index < -0.39 is 0 Å². The Bertz CT molecular complexity index is 925. The van der Waals surface area contributed by atoms with E-state index in [9.17, 15) is 10.1 Å². The standard InChI is InChI=1S/C21H20N4O/c1-23-18-9-5-6-10-19(18)24(2)21(23)16(13-22)20(26)14-25-12-11-15-7-3-4-8-17(15)25/h3-10H,11-12,14H2,1-2H3. The van der Waals surface area contributed by atoms with Crippen LogP contribution in [0.3, 0.4) is 0 Å². The summed E-state index contributed by atoms with van der Waals surface area (Å²) >= 11 is 0. The van der Waals surface area contributed by atoms with Crippen LogP contribution in [0.25, 0.3) is 0 Å². The molecule has 4 rings (SSSR count). The third-order valence-corrected chi connectivity index (χ3v) is 5.17. The summed E-state index contributed by atoms with van der Waals surface area (Å²) in [6.07, 6.45) is 0.938. The highest BCUT2D eigenvalue weighted by Gasteiger charge is 2.32. The Hall–Kier alpha value is -3.26. The lowest BCUT2D eigenvalue weighted by Gasteiger charge is -2.22. The molecular weight excluding hydrogens is 324 g/mol. The number of nitriles is 1. The van der Waals surface area contributed by atoms with Crippen LogP contribution in [0.2, 0.25) is 0 Å². The highest BCUT2D eigenvalue weighted by Crippen LogP contribution is 2.40. The van der Waals surface area contributed by atoms with Gasteiger partial charge in [-0.25, -0.2) is 0 Å². The van der Waals surface area contributed by atoms with E-state index in [2.05, 4.69) is 17.0 Å². The molecule has 2 aromatic carbocycles. The smallest absolute Gasteiger partial charge is 0.196 e. The molecule has 0 radical (unpaired) electrons. The van der Waals surface area contributed by atoms with Gasteiger partial charge in [-0.2, -0.15) is 5.26 Å². The molecule has 2 heterocycles. The second-order valence-electron chi connectivity index (χ2n) is 6.64. The highest BCUT2D eigenvalue weighted by atomic mass is 16.1. The summed E-state index contributed by atoms with van der Waals surface area (Å²) in [5.74, 6) is 0.497. The Morgan fingerprint density at radius 1 is 1.00 bits per heavy atom. The van der Waals surface area contributed by atoms with E-state index in [1.807, 2.05) is 66.4 Å². The van der Waals surface area contributed by atoms with Crippen LogP contribution >= 0.6 is 0 Å². The van der Waals surface area contributed by atoms with Gasteiger partial charge in [-0.05, 0) is 30.2 Å². The van der Waals surface area contributed by atoms with E-state index in [0.717, 1.165) is 30.0 Å². The summed E-state index contributed by atoms with van der Waals surface area (Å²) in [5.41, 5.74) is 4.55. The summed E-state index contributed by atoms with van der Waals surface area (Å²) in [7, 11) is 3.79. The number of hydrogen-bond donors (Lipinski definition) is 0. The number of hydrogen-bond acceptors (Lipinski definition) is 5. The van der Waals surface area contributed by atoms with E-state index in [1.165, 1.54) is 5.56 Å². The minimum absolute atomic E-state index is 0.147. The first-order valence-corrected chi connectivity index (χ1v) is 8.68. The van der Waals surface area contributed by atoms with Crippen molar-refractivity contribution in [3.63, 3.8) is 0 Å². The minimum atomic E-state index is -0.147. The summed E-state index contributed by atoms with van der Waals surface area (Å²) < 4.78 is 0. The first kappa shape index (κ1) is 16.2. The molecule has 2 aliphatic heterocycles. The average molecular weight is 344 g/mol. The molecule has 0 fully saturated rings. The third kappa shape index (κ3) is 2.42. The zero-order valence-electron chi connectivity index (χ0n) is 14.9. The fourth-order valence-electron chi connectivity index (χ4n) is 3.88. The second-order valence-corrected chi connectivity index (χ2v) is 6.64. The van der Waals surface area contributed by atoms with Crippen LogP contribution in [0, 0.1) is 11.3 Å². The molecule has 26 heavy (non-hydrogen) atoms. The molecule has 0 atom stereocenters. The van der Waals surface area contributed by atoms with Crippen molar-refractivity contribution in [2.24, 2.45) is 0 Å². The predicted molar refractivity (Wildman–Crippen MR) is 103 cm³/mol. The molecule has 5 nitrogen and oxygen atoms in total. The summed E-state index contributed by atoms with van der Waals surface area (Å²) in [4.78, 5) is 18.9. The van der Waals surface area contributed by atoms with Crippen molar-refractivity contribution in [3.8, 4) is 6.07 Å². The van der Waals surface area contributed by atoms with Gasteiger partial charge in [0.1, 0.15) is 17.5 Å². The Morgan fingerprint density at radius 2 is 1.58 bits per heavy atom. The van der Waals surface area contributed by atoms with Crippen molar-refractivity contribution in [3.05, 3.63) is 65.5 Å². The lowest BCUT2D eigenvalue weighted by molar-refractivity contribution is -0.114. The van der Waals surface area contributed by atoms with Gasteiger partial charge in [0.25, 0.3) is 0 Å². The molecule has 0 saturated heterocycles.